The first kappa shape index (κ1) is 24.6. The zero-order chi connectivity index (χ0) is 24.8. The fourth-order valence-corrected chi connectivity index (χ4v) is 4.97. The van der Waals surface area contributed by atoms with Crippen molar-refractivity contribution in [2.45, 2.75) is 43.4 Å². The summed E-state index contributed by atoms with van der Waals surface area (Å²) in [5.74, 6) is 0.395. The highest BCUT2D eigenvalue weighted by Crippen LogP contribution is 2.24. The van der Waals surface area contributed by atoms with Gasteiger partial charge in [-0.3, -0.25) is 4.79 Å². The maximum atomic E-state index is 13.9. The number of aryl methyl sites for hydroxylation is 1. The Morgan fingerprint density at radius 2 is 2.00 bits per heavy atom. The van der Waals surface area contributed by atoms with Crippen LogP contribution in [0, 0.1) is 5.82 Å². The second-order valence-corrected chi connectivity index (χ2v) is 9.99. The van der Waals surface area contributed by atoms with Crippen molar-refractivity contribution in [2.75, 3.05) is 18.9 Å². The molecule has 1 aliphatic rings. The van der Waals surface area contributed by atoms with Gasteiger partial charge in [0, 0.05) is 38.5 Å². The lowest BCUT2D eigenvalue weighted by Crippen LogP contribution is -2.26. The molecule has 4 rings (SSSR count). The summed E-state index contributed by atoms with van der Waals surface area (Å²) >= 11 is 0. The number of amidine groups is 1. The van der Waals surface area contributed by atoms with Gasteiger partial charge in [-0.15, -0.1) is 4.40 Å². The van der Waals surface area contributed by atoms with Crippen LogP contribution in [0.1, 0.15) is 38.0 Å². The lowest BCUT2D eigenvalue weighted by atomic mass is 10.2. The van der Waals surface area contributed by atoms with E-state index in [0.29, 0.717) is 29.4 Å². The number of likely N-dealkylation sites (tertiary alicyclic amines) is 1. The minimum absolute atomic E-state index is 0.0164. The Bertz CT molecular complexity index is 1340. The van der Waals surface area contributed by atoms with Crippen molar-refractivity contribution in [1.82, 2.24) is 9.88 Å². The van der Waals surface area contributed by atoms with E-state index >= 15 is 0 Å². The number of benzene rings is 2. The number of carbonyl (C=O) groups is 1. The molecule has 0 aliphatic carbocycles. The summed E-state index contributed by atoms with van der Waals surface area (Å²) < 4.78 is 49.3. The minimum Gasteiger partial charge on any atom is -0.441 e. The smallest absolute Gasteiger partial charge is 0.284 e. The summed E-state index contributed by atoms with van der Waals surface area (Å²) in [4.78, 5) is 18.5. The highest BCUT2D eigenvalue weighted by Gasteiger charge is 2.19. The van der Waals surface area contributed by atoms with Crippen LogP contribution in [0.25, 0.3) is 11.3 Å². The van der Waals surface area contributed by atoms with E-state index in [4.69, 9.17) is 4.42 Å². The molecule has 1 amide bonds. The summed E-state index contributed by atoms with van der Waals surface area (Å²) in [7, 11) is -2.06. The van der Waals surface area contributed by atoms with Crippen molar-refractivity contribution >= 4 is 27.5 Å². The van der Waals surface area contributed by atoms with Crippen molar-refractivity contribution < 1.29 is 22.0 Å². The molecule has 1 saturated heterocycles. The van der Waals surface area contributed by atoms with Gasteiger partial charge in [-0.1, -0.05) is 24.6 Å². The quantitative estimate of drug-likeness (QED) is 0.509. The number of aromatic nitrogens is 1. The normalized spacial score (nSPS) is 15.7. The predicted octanol–water partition coefficient (Wildman–Crippen LogP) is 4.65. The first-order valence-corrected chi connectivity index (χ1v) is 12.9. The Morgan fingerprint density at radius 3 is 2.83 bits per heavy atom. The molecule has 0 saturated carbocycles. The summed E-state index contributed by atoms with van der Waals surface area (Å²) in [6, 6.07) is 12.2. The van der Waals surface area contributed by atoms with Gasteiger partial charge in [0.15, 0.2) is 11.7 Å². The van der Waals surface area contributed by atoms with Crippen LogP contribution in [0.5, 0.6) is 0 Å². The number of halogens is 1. The van der Waals surface area contributed by atoms with Crippen LogP contribution in [0.4, 0.5) is 10.1 Å². The Balaban J connectivity index is 1.39. The van der Waals surface area contributed by atoms with E-state index in [9.17, 15) is 17.6 Å². The van der Waals surface area contributed by atoms with Gasteiger partial charge in [-0.25, -0.2) is 9.37 Å². The van der Waals surface area contributed by atoms with Crippen LogP contribution in [0.2, 0.25) is 0 Å². The molecule has 1 aliphatic heterocycles. The van der Waals surface area contributed by atoms with Gasteiger partial charge in [0.25, 0.3) is 10.0 Å². The largest absolute Gasteiger partial charge is 0.441 e. The first-order valence-electron chi connectivity index (χ1n) is 11.5. The number of hydrogen-bond acceptors (Lipinski definition) is 5. The van der Waals surface area contributed by atoms with Crippen molar-refractivity contribution in [1.29, 1.82) is 0 Å². The van der Waals surface area contributed by atoms with Gasteiger partial charge in [0.2, 0.25) is 5.91 Å². The molecule has 10 heteroatoms. The topological polar surface area (TPSA) is 105 Å². The third-order valence-electron chi connectivity index (χ3n) is 5.73. The van der Waals surface area contributed by atoms with Gasteiger partial charge in [-0.05, 0) is 43.2 Å². The molecule has 0 bridgehead atoms. The number of rotatable bonds is 7. The zero-order valence-corrected chi connectivity index (χ0v) is 20.2. The van der Waals surface area contributed by atoms with Crippen molar-refractivity contribution in [3.8, 4) is 11.3 Å². The Kier molecular flexibility index (Phi) is 7.60. The fraction of sp³-hybridized carbons (Fsp3) is 0.320. The van der Waals surface area contributed by atoms with Gasteiger partial charge < -0.3 is 14.6 Å². The second-order valence-electron chi connectivity index (χ2n) is 8.39. The van der Waals surface area contributed by atoms with Crippen molar-refractivity contribution in [3.05, 3.63) is 66.4 Å². The van der Waals surface area contributed by atoms with Crippen LogP contribution in [0.15, 0.2) is 68.4 Å². The third-order valence-corrected chi connectivity index (χ3v) is 7.04. The molecule has 0 spiro atoms. The summed E-state index contributed by atoms with van der Waals surface area (Å²) in [6.45, 7) is 0.775. The Morgan fingerprint density at radius 1 is 1.17 bits per heavy atom. The van der Waals surface area contributed by atoms with E-state index in [1.807, 2.05) is 11.9 Å². The van der Waals surface area contributed by atoms with Crippen molar-refractivity contribution in [3.63, 3.8) is 0 Å². The highest BCUT2D eigenvalue weighted by atomic mass is 32.2. The molecular weight excluding hydrogens is 471 g/mol. The first-order chi connectivity index (χ1) is 16.8. The molecule has 2 heterocycles. The summed E-state index contributed by atoms with van der Waals surface area (Å²) in [5, 5.41) is 2.70. The fourth-order valence-electron chi connectivity index (χ4n) is 3.83. The monoisotopic (exact) mass is 498 g/mol. The van der Waals surface area contributed by atoms with Gasteiger partial charge in [0.1, 0.15) is 11.7 Å². The summed E-state index contributed by atoms with van der Waals surface area (Å²) in [5.41, 5.74) is 0.650. The van der Waals surface area contributed by atoms with E-state index < -0.39 is 15.8 Å². The number of anilines is 1. The highest BCUT2D eigenvalue weighted by molar-refractivity contribution is 7.90. The summed E-state index contributed by atoms with van der Waals surface area (Å²) in [6.07, 6.45) is 5.26. The maximum Gasteiger partial charge on any atom is 0.284 e. The average Bonchev–Trinajstić information content (AvgIpc) is 3.22. The molecule has 3 aromatic rings. The number of oxazole rings is 1. The SMILES string of the molecule is CN1CCCCCC1=NS(=O)(=O)c1cccc(NC(=O)CCc2ncc(-c3ccccc3F)o2)c1. The van der Waals surface area contributed by atoms with E-state index in [-0.39, 0.29) is 29.4 Å². The molecule has 1 aromatic heterocycles. The van der Waals surface area contributed by atoms with E-state index in [2.05, 4.69) is 14.7 Å². The number of sulfonamides is 1. The molecule has 0 atom stereocenters. The van der Waals surface area contributed by atoms with Crippen molar-refractivity contribution in [2.24, 2.45) is 4.40 Å². The molecule has 8 nitrogen and oxygen atoms in total. The van der Waals surface area contributed by atoms with E-state index in [1.54, 1.807) is 30.3 Å². The predicted molar refractivity (Wildman–Crippen MR) is 131 cm³/mol. The van der Waals surface area contributed by atoms with Gasteiger partial charge in [-0.2, -0.15) is 8.42 Å². The molecule has 1 fully saturated rings. The Labute approximate surface area is 203 Å². The van der Waals surface area contributed by atoms with Crippen LogP contribution in [-0.2, 0) is 21.2 Å². The van der Waals surface area contributed by atoms with Crippen LogP contribution < -0.4 is 5.32 Å². The third kappa shape index (κ3) is 6.33. The molecule has 1 N–H and O–H groups in total. The van der Waals surface area contributed by atoms with Gasteiger partial charge >= 0.3 is 0 Å². The Hall–Kier alpha value is -3.53. The number of nitrogens with one attached hydrogen (secondary N) is 1. The van der Waals surface area contributed by atoms with E-state index in [0.717, 1.165) is 25.8 Å². The lowest BCUT2D eigenvalue weighted by molar-refractivity contribution is -0.116. The molecule has 0 radical (unpaired) electrons. The van der Waals surface area contributed by atoms with Crippen LogP contribution in [0.3, 0.4) is 0 Å². The van der Waals surface area contributed by atoms with Crippen LogP contribution in [-0.4, -0.2) is 43.6 Å². The van der Waals surface area contributed by atoms with E-state index in [1.165, 1.54) is 24.4 Å². The maximum absolute atomic E-state index is 13.9. The van der Waals surface area contributed by atoms with Crippen LogP contribution >= 0.6 is 0 Å². The standard InChI is InChI=1S/C25H27FN4O4S/c1-30-15-6-2-3-12-23(30)29-35(32,33)19-9-7-8-18(16-19)28-24(31)13-14-25-27-17-22(34-25)20-10-4-5-11-21(20)26/h4-5,7-11,16-17H,2-3,6,12-15H2,1H3,(H,28,31). The minimum atomic E-state index is -3.91. The zero-order valence-electron chi connectivity index (χ0n) is 19.4. The number of carbonyl (C=O) groups excluding carboxylic acids is 1. The second kappa shape index (κ2) is 10.8. The number of amides is 1. The van der Waals surface area contributed by atoms with Gasteiger partial charge in [0.05, 0.1) is 16.7 Å². The lowest BCUT2D eigenvalue weighted by Gasteiger charge is -2.17. The number of hydrogen-bond donors (Lipinski definition) is 1. The molecule has 184 valence electrons. The molecular formula is C25H27FN4O4S. The molecule has 0 unspecified atom stereocenters. The molecule has 35 heavy (non-hydrogen) atoms. The number of nitrogens with zero attached hydrogens (tertiary/aromatic N) is 3. The average molecular weight is 499 g/mol. The molecule has 2 aromatic carbocycles.